The summed E-state index contributed by atoms with van der Waals surface area (Å²) in [6, 6.07) is 6.19. The van der Waals surface area contributed by atoms with Crippen LogP contribution in [0.5, 0.6) is 5.75 Å². The third-order valence-electron chi connectivity index (χ3n) is 3.66. The van der Waals surface area contributed by atoms with Crippen molar-refractivity contribution >= 4 is 15.9 Å². The van der Waals surface area contributed by atoms with Gasteiger partial charge in [0.25, 0.3) is 0 Å². The van der Waals surface area contributed by atoms with Gasteiger partial charge in [0, 0.05) is 16.1 Å². The average molecular weight is 298 g/mol. The van der Waals surface area contributed by atoms with E-state index < -0.39 is 0 Å². The van der Waals surface area contributed by atoms with Crippen molar-refractivity contribution in [1.29, 1.82) is 0 Å². The standard InChI is InChI=1S/C14H20BrNO/c1-17-14-9-11(15)6-7-12(14)13(16)8-10-4-2-3-5-10/h6-7,9-10,13H,2-5,8,16H2,1H3. The predicted molar refractivity (Wildman–Crippen MR) is 74.2 cm³/mol. The Hall–Kier alpha value is -0.540. The number of benzene rings is 1. The van der Waals surface area contributed by atoms with Crippen molar-refractivity contribution in [2.45, 2.75) is 38.1 Å². The largest absolute Gasteiger partial charge is 0.496 e. The monoisotopic (exact) mass is 297 g/mol. The highest BCUT2D eigenvalue weighted by Crippen LogP contribution is 2.35. The van der Waals surface area contributed by atoms with Crippen LogP contribution in [0, 0.1) is 5.92 Å². The molecule has 0 radical (unpaired) electrons. The van der Waals surface area contributed by atoms with Gasteiger partial charge in [-0.25, -0.2) is 0 Å². The van der Waals surface area contributed by atoms with E-state index in [1.165, 1.54) is 25.7 Å². The van der Waals surface area contributed by atoms with Crippen LogP contribution in [0.2, 0.25) is 0 Å². The minimum absolute atomic E-state index is 0.0983. The first-order valence-electron chi connectivity index (χ1n) is 6.29. The van der Waals surface area contributed by atoms with E-state index in [-0.39, 0.29) is 6.04 Å². The lowest BCUT2D eigenvalue weighted by Crippen LogP contribution is -2.15. The lowest BCUT2D eigenvalue weighted by atomic mass is 9.94. The summed E-state index contributed by atoms with van der Waals surface area (Å²) in [7, 11) is 1.70. The highest BCUT2D eigenvalue weighted by Gasteiger charge is 2.20. The molecule has 0 heterocycles. The van der Waals surface area contributed by atoms with Crippen LogP contribution in [-0.2, 0) is 0 Å². The third kappa shape index (κ3) is 3.23. The van der Waals surface area contributed by atoms with Gasteiger partial charge in [0.1, 0.15) is 5.75 Å². The highest BCUT2D eigenvalue weighted by atomic mass is 79.9. The maximum absolute atomic E-state index is 6.31. The SMILES string of the molecule is COc1cc(Br)ccc1C(N)CC1CCCC1. The van der Waals surface area contributed by atoms with E-state index in [1.807, 2.05) is 12.1 Å². The van der Waals surface area contributed by atoms with Crippen molar-refractivity contribution in [1.82, 2.24) is 0 Å². The molecular formula is C14H20BrNO. The molecule has 1 aliphatic carbocycles. The second-order valence-electron chi connectivity index (χ2n) is 4.88. The van der Waals surface area contributed by atoms with Crippen molar-refractivity contribution in [2.75, 3.05) is 7.11 Å². The molecule has 0 aliphatic heterocycles. The Morgan fingerprint density at radius 1 is 1.41 bits per heavy atom. The normalized spacial score (nSPS) is 18.3. The predicted octanol–water partition coefficient (Wildman–Crippen LogP) is 4.04. The van der Waals surface area contributed by atoms with Gasteiger partial charge in [-0.3, -0.25) is 0 Å². The fraction of sp³-hybridized carbons (Fsp3) is 0.571. The Kier molecular flexibility index (Phi) is 4.46. The molecule has 0 amide bonds. The number of hydrogen-bond donors (Lipinski definition) is 1. The fourth-order valence-corrected chi connectivity index (χ4v) is 3.06. The zero-order valence-electron chi connectivity index (χ0n) is 10.3. The lowest BCUT2D eigenvalue weighted by molar-refractivity contribution is 0.393. The van der Waals surface area contributed by atoms with Gasteiger partial charge >= 0.3 is 0 Å². The van der Waals surface area contributed by atoms with Gasteiger partial charge in [0.15, 0.2) is 0 Å². The number of hydrogen-bond acceptors (Lipinski definition) is 2. The molecule has 1 saturated carbocycles. The molecule has 3 heteroatoms. The molecule has 1 fully saturated rings. The molecular weight excluding hydrogens is 278 g/mol. The number of rotatable bonds is 4. The maximum Gasteiger partial charge on any atom is 0.124 e. The molecule has 0 spiro atoms. The summed E-state index contributed by atoms with van der Waals surface area (Å²) in [5.41, 5.74) is 7.43. The minimum atomic E-state index is 0.0983. The summed E-state index contributed by atoms with van der Waals surface area (Å²) in [5, 5.41) is 0. The van der Waals surface area contributed by atoms with Crippen molar-refractivity contribution < 1.29 is 4.74 Å². The van der Waals surface area contributed by atoms with Gasteiger partial charge < -0.3 is 10.5 Å². The first-order chi connectivity index (χ1) is 8.20. The average Bonchev–Trinajstić information content (AvgIpc) is 2.81. The van der Waals surface area contributed by atoms with Crippen molar-refractivity contribution in [3.8, 4) is 5.75 Å². The molecule has 2 N–H and O–H groups in total. The summed E-state index contributed by atoms with van der Waals surface area (Å²) in [6.45, 7) is 0. The van der Waals surface area contributed by atoms with Crippen molar-refractivity contribution in [3.05, 3.63) is 28.2 Å². The smallest absolute Gasteiger partial charge is 0.124 e. The quantitative estimate of drug-likeness (QED) is 0.910. The second kappa shape index (κ2) is 5.87. The van der Waals surface area contributed by atoms with Crippen LogP contribution in [0.3, 0.4) is 0 Å². The van der Waals surface area contributed by atoms with Gasteiger partial charge in [-0.2, -0.15) is 0 Å². The molecule has 0 aromatic heterocycles. The molecule has 94 valence electrons. The third-order valence-corrected chi connectivity index (χ3v) is 4.15. The number of nitrogens with two attached hydrogens (primary N) is 1. The molecule has 1 aliphatic rings. The Morgan fingerprint density at radius 2 is 2.12 bits per heavy atom. The van der Waals surface area contributed by atoms with Crippen molar-refractivity contribution in [3.63, 3.8) is 0 Å². The highest BCUT2D eigenvalue weighted by molar-refractivity contribution is 9.10. The number of halogens is 1. The Balaban J connectivity index is 2.09. The molecule has 1 aromatic rings. The molecule has 1 atom stereocenters. The zero-order valence-corrected chi connectivity index (χ0v) is 11.9. The molecule has 1 aromatic carbocycles. The van der Waals surface area contributed by atoms with Crippen LogP contribution in [-0.4, -0.2) is 7.11 Å². The van der Waals surface area contributed by atoms with E-state index in [0.717, 1.165) is 28.1 Å². The topological polar surface area (TPSA) is 35.2 Å². The van der Waals surface area contributed by atoms with Gasteiger partial charge in [0.05, 0.1) is 7.11 Å². The molecule has 2 nitrogen and oxygen atoms in total. The number of methoxy groups -OCH3 is 1. The van der Waals surface area contributed by atoms with Crippen LogP contribution in [0.25, 0.3) is 0 Å². The molecule has 1 unspecified atom stereocenters. The second-order valence-corrected chi connectivity index (χ2v) is 5.79. The summed E-state index contributed by atoms with van der Waals surface area (Å²) in [5.74, 6) is 1.70. The van der Waals surface area contributed by atoms with E-state index in [1.54, 1.807) is 7.11 Å². The van der Waals surface area contributed by atoms with Crippen LogP contribution in [0.4, 0.5) is 0 Å². The van der Waals surface area contributed by atoms with Gasteiger partial charge in [-0.1, -0.05) is 47.7 Å². The molecule has 0 bridgehead atoms. The summed E-state index contributed by atoms with van der Waals surface area (Å²) in [6.07, 6.45) is 6.50. The first-order valence-corrected chi connectivity index (χ1v) is 7.09. The molecule has 2 rings (SSSR count). The van der Waals surface area contributed by atoms with E-state index >= 15 is 0 Å². The van der Waals surface area contributed by atoms with Crippen molar-refractivity contribution in [2.24, 2.45) is 11.7 Å². The minimum Gasteiger partial charge on any atom is -0.496 e. The van der Waals surface area contributed by atoms with Crippen LogP contribution >= 0.6 is 15.9 Å². The van der Waals surface area contributed by atoms with Gasteiger partial charge in [-0.15, -0.1) is 0 Å². The van der Waals surface area contributed by atoms with E-state index in [4.69, 9.17) is 10.5 Å². The van der Waals surface area contributed by atoms with E-state index in [0.29, 0.717) is 0 Å². The molecule has 17 heavy (non-hydrogen) atoms. The van der Waals surface area contributed by atoms with Crippen LogP contribution in [0.15, 0.2) is 22.7 Å². The van der Waals surface area contributed by atoms with E-state index in [2.05, 4.69) is 22.0 Å². The van der Waals surface area contributed by atoms with Gasteiger partial charge in [-0.05, 0) is 24.5 Å². The van der Waals surface area contributed by atoms with Crippen LogP contribution < -0.4 is 10.5 Å². The van der Waals surface area contributed by atoms with E-state index in [9.17, 15) is 0 Å². The summed E-state index contributed by atoms with van der Waals surface area (Å²) >= 11 is 3.45. The number of ether oxygens (including phenoxy) is 1. The van der Waals surface area contributed by atoms with Crippen LogP contribution in [0.1, 0.15) is 43.7 Å². The molecule has 0 saturated heterocycles. The maximum atomic E-state index is 6.31. The first kappa shape index (κ1) is 12.9. The Morgan fingerprint density at radius 3 is 2.76 bits per heavy atom. The zero-order chi connectivity index (χ0) is 12.3. The Labute approximate surface area is 112 Å². The summed E-state index contributed by atoms with van der Waals surface area (Å²) in [4.78, 5) is 0. The Bertz CT molecular complexity index is 374. The van der Waals surface area contributed by atoms with Gasteiger partial charge in [0.2, 0.25) is 0 Å². The lowest BCUT2D eigenvalue weighted by Gasteiger charge is -2.19. The summed E-state index contributed by atoms with van der Waals surface area (Å²) < 4.78 is 6.44. The fourth-order valence-electron chi connectivity index (χ4n) is 2.72.